The van der Waals surface area contributed by atoms with Crippen molar-refractivity contribution in [2.75, 3.05) is 18.4 Å². The Balaban J connectivity index is 2.11. The lowest BCUT2D eigenvalue weighted by atomic mass is 9.88. The predicted molar refractivity (Wildman–Crippen MR) is 93.3 cm³/mol. The second-order valence-corrected chi connectivity index (χ2v) is 7.40. The summed E-state index contributed by atoms with van der Waals surface area (Å²) in [6.45, 7) is 11.1. The predicted octanol–water partition coefficient (Wildman–Crippen LogP) is 3.53. The molecule has 2 rings (SSSR count). The van der Waals surface area contributed by atoms with Crippen LogP contribution in [0.15, 0.2) is 18.2 Å². The molecule has 1 aromatic carbocycles. The molecule has 1 aliphatic rings. The molecule has 1 fully saturated rings. The van der Waals surface area contributed by atoms with Crippen molar-refractivity contribution >= 4 is 17.5 Å². The number of benzene rings is 1. The van der Waals surface area contributed by atoms with E-state index in [-0.39, 0.29) is 11.8 Å². The standard InChI is InChI=1S/C19H28N2O2/c1-13-8-9-16(15(3)11-13)20-17(22)19(4,5)18(23)21-10-6-7-14(2)12-21/h8-9,11,14H,6-7,10,12H2,1-5H3,(H,20,22). The zero-order valence-electron chi connectivity index (χ0n) is 14.9. The summed E-state index contributed by atoms with van der Waals surface area (Å²) in [6.07, 6.45) is 2.17. The molecule has 0 spiro atoms. The molecule has 1 heterocycles. The van der Waals surface area contributed by atoms with Gasteiger partial charge in [0.1, 0.15) is 5.41 Å². The van der Waals surface area contributed by atoms with E-state index in [2.05, 4.69) is 12.2 Å². The highest BCUT2D eigenvalue weighted by Crippen LogP contribution is 2.26. The highest BCUT2D eigenvalue weighted by atomic mass is 16.2. The monoisotopic (exact) mass is 316 g/mol. The van der Waals surface area contributed by atoms with E-state index >= 15 is 0 Å². The van der Waals surface area contributed by atoms with Crippen molar-refractivity contribution in [3.63, 3.8) is 0 Å². The van der Waals surface area contributed by atoms with E-state index in [1.54, 1.807) is 13.8 Å². The maximum Gasteiger partial charge on any atom is 0.239 e. The van der Waals surface area contributed by atoms with Crippen LogP contribution in [0.3, 0.4) is 0 Å². The van der Waals surface area contributed by atoms with E-state index in [0.717, 1.165) is 42.7 Å². The van der Waals surface area contributed by atoms with Crippen LogP contribution in [-0.2, 0) is 9.59 Å². The van der Waals surface area contributed by atoms with Gasteiger partial charge < -0.3 is 10.2 Å². The molecule has 0 aliphatic carbocycles. The van der Waals surface area contributed by atoms with Crippen molar-refractivity contribution in [1.29, 1.82) is 0 Å². The van der Waals surface area contributed by atoms with Gasteiger partial charge in [-0.25, -0.2) is 0 Å². The van der Waals surface area contributed by atoms with Gasteiger partial charge in [0.2, 0.25) is 11.8 Å². The first-order chi connectivity index (χ1) is 10.7. The van der Waals surface area contributed by atoms with Gasteiger partial charge in [0.25, 0.3) is 0 Å². The van der Waals surface area contributed by atoms with Crippen LogP contribution in [0.4, 0.5) is 5.69 Å². The Bertz CT molecular complexity index is 607. The third-order valence-electron chi connectivity index (χ3n) is 4.68. The topological polar surface area (TPSA) is 49.4 Å². The molecular formula is C19H28N2O2. The van der Waals surface area contributed by atoms with Gasteiger partial charge in [-0.15, -0.1) is 0 Å². The van der Waals surface area contributed by atoms with E-state index in [1.165, 1.54) is 0 Å². The number of likely N-dealkylation sites (tertiary alicyclic amines) is 1. The number of nitrogens with zero attached hydrogens (tertiary/aromatic N) is 1. The van der Waals surface area contributed by atoms with Crippen LogP contribution >= 0.6 is 0 Å². The summed E-state index contributed by atoms with van der Waals surface area (Å²) in [7, 11) is 0. The summed E-state index contributed by atoms with van der Waals surface area (Å²) in [4.78, 5) is 27.3. The van der Waals surface area contributed by atoms with Crippen LogP contribution in [-0.4, -0.2) is 29.8 Å². The van der Waals surface area contributed by atoms with Crippen LogP contribution < -0.4 is 5.32 Å². The normalized spacial score (nSPS) is 18.7. The maximum absolute atomic E-state index is 12.8. The zero-order chi connectivity index (χ0) is 17.2. The molecule has 0 saturated carbocycles. The van der Waals surface area contributed by atoms with Crippen LogP contribution in [0.5, 0.6) is 0 Å². The van der Waals surface area contributed by atoms with Gasteiger partial charge in [0.15, 0.2) is 0 Å². The minimum absolute atomic E-state index is 0.0775. The second-order valence-electron chi connectivity index (χ2n) is 7.40. The van der Waals surface area contributed by atoms with E-state index < -0.39 is 5.41 Å². The number of hydrogen-bond acceptors (Lipinski definition) is 2. The molecule has 2 amide bonds. The Morgan fingerprint density at radius 1 is 1.26 bits per heavy atom. The molecule has 1 atom stereocenters. The fourth-order valence-electron chi connectivity index (χ4n) is 3.10. The number of nitrogens with one attached hydrogen (secondary N) is 1. The van der Waals surface area contributed by atoms with Crippen molar-refractivity contribution in [3.8, 4) is 0 Å². The fourth-order valence-corrected chi connectivity index (χ4v) is 3.10. The minimum Gasteiger partial charge on any atom is -0.342 e. The molecule has 0 aromatic heterocycles. The van der Waals surface area contributed by atoms with E-state index in [1.807, 2.05) is 36.9 Å². The first kappa shape index (κ1) is 17.5. The molecule has 1 aromatic rings. The number of rotatable bonds is 3. The van der Waals surface area contributed by atoms with Crippen LogP contribution in [0.25, 0.3) is 0 Å². The first-order valence-corrected chi connectivity index (χ1v) is 8.40. The van der Waals surface area contributed by atoms with Crippen molar-refractivity contribution in [2.24, 2.45) is 11.3 Å². The Kier molecular flexibility index (Phi) is 5.12. The molecule has 4 heteroatoms. The average molecular weight is 316 g/mol. The third-order valence-corrected chi connectivity index (χ3v) is 4.68. The molecule has 1 aliphatic heterocycles. The van der Waals surface area contributed by atoms with Gasteiger partial charge in [-0.05, 0) is 58.1 Å². The number of amides is 2. The van der Waals surface area contributed by atoms with E-state index in [4.69, 9.17) is 0 Å². The number of aryl methyl sites for hydroxylation is 2. The molecular weight excluding hydrogens is 288 g/mol. The number of piperidine rings is 1. The molecule has 1 N–H and O–H groups in total. The summed E-state index contributed by atoms with van der Waals surface area (Å²) >= 11 is 0. The lowest BCUT2D eigenvalue weighted by molar-refractivity contribution is -0.147. The Morgan fingerprint density at radius 3 is 2.57 bits per heavy atom. The second kappa shape index (κ2) is 6.73. The minimum atomic E-state index is -1.06. The Hall–Kier alpha value is -1.84. The largest absolute Gasteiger partial charge is 0.342 e. The summed E-state index contributed by atoms with van der Waals surface area (Å²) in [5, 5.41) is 2.92. The summed E-state index contributed by atoms with van der Waals surface area (Å²) < 4.78 is 0. The van der Waals surface area contributed by atoms with E-state index in [0.29, 0.717) is 5.92 Å². The van der Waals surface area contributed by atoms with Crippen LogP contribution in [0.2, 0.25) is 0 Å². The van der Waals surface area contributed by atoms with Gasteiger partial charge in [0, 0.05) is 18.8 Å². The summed E-state index contributed by atoms with van der Waals surface area (Å²) in [5.74, 6) is 0.185. The van der Waals surface area contributed by atoms with Crippen LogP contribution in [0.1, 0.15) is 44.7 Å². The number of hydrogen-bond donors (Lipinski definition) is 1. The van der Waals surface area contributed by atoms with Crippen LogP contribution in [0, 0.1) is 25.2 Å². The van der Waals surface area contributed by atoms with Crippen molar-refractivity contribution in [2.45, 2.75) is 47.5 Å². The Morgan fingerprint density at radius 2 is 1.96 bits per heavy atom. The molecule has 1 saturated heterocycles. The highest BCUT2D eigenvalue weighted by molar-refractivity contribution is 6.10. The molecule has 0 radical (unpaired) electrons. The molecule has 1 unspecified atom stereocenters. The maximum atomic E-state index is 12.8. The van der Waals surface area contributed by atoms with Gasteiger partial charge in [-0.2, -0.15) is 0 Å². The van der Waals surface area contributed by atoms with E-state index in [9.17, 15) is 9.59 Å². The summed E-state index contributed by atoms with van der Waals surface area (Å²) in [5.41, 5.74) is 1.87. The van der Waals surface area contributed by atoms with Gasteiger partial charge >= 0.3 is 0 Å². The molecule has 4 nitrogen and oxygen atoms in total. The van der Waals surface area contributed by atoms with Crippen molar-refractivity contribution < 1.29 is 9.59 Å². The van der Waals surface area contributed by atoms with Gasteiger partial charge in [-0.1, -0.05) is 24.6 Å². The van der Waals surface area contributed by atoms with Gasteiger partial charge in [0.05, 0.1) is 0 Å². The quantitative estimate of drug-likeness (QED) is 0.867. The lowest BCUT2D eigenvalue weighted by Crippen LogP contribution is -2.50. The highest BCUT2D eigenvalue weighted by Gasteiger charge is 2.40. The molecule has 0 bridgehead atoms. The summed E-state index contributed by atoms with van der Waals surface area (Å²) in [6, 6.07) is 5.88. The number of carbonyl (C=O) groups is 2. The number of anilines is 1. The molecule has 23 heavy (non-hydrogen) atoms. The van der Waals surface area contributed by atoms with Crippen molar-refractivity contribution in [1.82, 2.24) is 4.90 Å². The average Bonchev–Trinajstić information content (AvgIpc) is 2.49. The Labute approximate surface area is 139 Å². The first-order valence-electron chi connectivity index (χ1n) is 8.40. The van der Waals surface area contributed by atoms with Gasteiger partial charge in [-0.3, -0.25) is 9.59 Å². The zero-order valence-corrected chi connectivity index (χ0v) is 14.9. The number of carbonyl (C=O) groups excluding carboxylic acids is 2. The fraction of sp³-hybridized carbons (Fsp3) is 0.579. The smallest absolute Gasteiger partial charge is 0.239 e. The van der Waals surface area contributed by atoms with Crippen molar-refractivity contribution in [3.05, 3.63) is 29.3 Å². The molecule has 126 valence electrons. The third kappa shape index (κ3) is 3.92. The lowest BCUT2D eigenvalue weighted by Gasteiger charge is -2.36. The SMILES string of the molecule is Cc1ccc(NC(=O)C(C)(C)C(=O)N2CCCC(C)C2)c(C)c1.